The molecule has 0 bridgehead atoms. The lowest BCUT2D eigenvalue weighted by molar-refractivity contribution is -0.135. The maximum Gasteiger partial charge on any atom is 0.263 e. The summed E-state index contributed by atoms with van der Waals surface area (Å²) in [6.45, 7) is 0. The zero-order valence-electron chi connectivity index (χ0n) is 15.4. The van der Waals surface area contributed by atoms with Gasteiger partial charge in [-0.15, -0.1) is 0 Å². The third-order valence-corrected chi connectivity index (χ3v) is 4.63. The molecule has 3 rings (SSSR count). The third-order valence-electron chi connectivity index (χ3n) is 4.63. The summed E-state index contributed by atoms with van der Waals surface area (Å²) in [6.07, 6.45) is 0.748. The van der Waals surface area contributed by atoms with Crippen LogP contribution in [-0.2, 0) is 16.0 Å². The monoisotopic (exact) mass is 374 g/mol. The molecular formula is C23H22N2O3. The number of anilines is 1. The van der Waals surface area contributed by atoms with E-state index in [1.807, 2.05) is 72.8 Å². The van der Waals surface area contributed by atoms with Crippen LogP contribution in [0.25, 0.3) is 11.1 Å². The maximum atomic E-state index is 12.6. The van der Waals surface area contributed by atoms with Crippen molar-refractivity contribution in [1.29, 1.82) is 0 Å². The average molecular weight is 374 g/mol. The Bertz CT molecular complexity index is 925. The van der Waals surface area contributed by atoms with Crippen LogP contribution in [-0.4, -0.2) is 17.0 Å². The van der Waals surface area contributed by atoms with E-state index in [1.165, 1.54) is 0 Å². The normalized spacial score (nSPS) is 11.6. The minimum atomic E-state index is -1.10. The second-order valence-electron chi connectivity index (χ2n) is 6.54. The molecule has 0 aromatic heterocycles. The number of hydroxylamine groups is 1. The van der Waals surface area contributed by atoms with Crippen LogP contribution in [0.5, 0.6) is 0 Å². The quantitative estimate of drug-likeness (QED) is 0.375. The Morgan fingerprint density at radius 2 is 1.36 bits per heavy atom. The van der Waals surface area contributed by atoms with Crippen LogP contribution in [0.1, 0.15) is 12.0 Å². The lowest BCUT2D eigenvalue weighted by atomic mass is 9.97. The number of benzene rings is 3. The van der Waals surface area contributed by atoms with Crippen molar-refractivity contribution in [1.82, 2.24) is 0 Å². The van der Waals surface area contributed by atoms with E-state index in [-0.39, 0.29) is 12.1 Å². The number of hydrogen-bond donors (Lipinski definition) is 2. The number of hydrogen-bond acceptors (Lipinski definition) is 3. The second-order valence-corrected chi connectivity index (χ2v) is 6.54. The third kappa shape index (κ3) is 4.64. The van der Waals surface area contributed by atoms with E-state index >= 15 is 0 Å². The van der Waals surface area contributed by atoms with E-state index < -0.39 is 17.7 Å². The van der Waals surface area contributed by atoms with Crippen LogP contribution in [0.4, 0.5) is 5.69 Å². The number of primary amides is 1. The van der Waals surface area contributed by atoms with Gasteiger partial charge in [-0.2, -0.15) is 5.06 Å². The minimum Gasteiger partial charge on any atom is -0.369 e. The second kappa shape index (κ2) is 8.97. The van der Waals surface area contributed by atoms with Gasteiger partial charge in [0.1, 0.15) is 5.92 Å². The smallest absolute Gasteiger partial charge is 0.263 e. The molecule has 3 aromatic carbocycles. The summed E-state index contributed by atoms with van der Waals surface area (Å²) in [5.74, 6) is -2.57. The molecule has 28 heavy (non-hydrogen) atoms. The molecule has 3 N–H and O–H groups in total. The molecule has 1 atom stereocenters. The van der Waals surface area contributed by atoms with Crippen molar-refractivity contribution in [3.8, 4) is 11.1 Å². The number of rotatable bonds is 7. The highest BCUT2D eigenvalue weighted by molar-refractivity contribution is 6.06. The molecule has 0 heterocycles. The van der Waals surface area contributed by atoms with Crippen molar-refractivity contribution in [2.75, 3.05) is 5.06 Å². The lowest BCUT2D eigenvalue weighted by Crippen LogP contribution is -2.40. The molecule has 142 valence electrons. The number of nitrogens with two attached hydrogens (primary N) is 1. The number of carbonyl (C=O) groups is 2. The summed E-state index contributed by atoms with van der Waals surface area (Å²) < 4.78 is 0. The Hall–Kier alpha value is -3.44. The van der Waals surface area contributed by atoms with E-state index in [2.05, 4.69) is 0 Å². The first kappa shape index (κ1) is 19.3. The molecule has 0 aliphatic rings. The minimum absolute atomic E-state index is 0.233. The van der Waals surface area contributed by atoms with E-state index in [1.54, 1.807) is 12.1 Å². The molecular weight excluding hydrogens is 352 g/mol. The van der Waals surface area contributed by atoms with Gasteiger partial charge < -0.3 is 5.73 Å². The summed E-state index contributed by atoms with van der Waals surface area (Å²) in [5.41, 5.74) is 8.70. The number of aryl methyl sites for hydroxylation is 1. The van der Waals surface area contributed by atoms with Gasteiger partial charge in [0, 0.05) is 0 Å². The van der Waals surface area contributed by atoms with Crippen LogP contribution < -0.4 is 10.8 Å². The average Bonchev–Trinajstić information content (AvgIpc) is 2.74. The van der Waals surface area contributed by atoms with Gasteiger partial charge in [0.25, 0.3) is 5.91 Å². The molecule has 1 unspecified atom stereocenters. The lowest BCUT2D eigenvalue weighted by Gasteiger charge is -2.20. The Kier molecular flexibility index (Phi) is 6.19. The first-order valence-corrected chi connectivity index (χ1v) is 9.08. The van der Waals surface area contributed by atoms with Crippen LogP contribution in [0.3, 0.4) is 0 Å². The highest BCUT2D eigenvalue weighted by Gasteiger charge is 2.29. The van der Waals surface area contributed by atoms with E-state index in [9.17, 15) is 14.8 Å². The van der Waals surface area contributed by atoms with Crippen molar-refractivity contribution < 1.29 is 14.8 Å². The van der Waals surface area contributed by atoms with Crippen LogP contribution in [0.15, 0.2) is 84.9 Å². The molecule has 2 amide bonds. The van der Waals surface area contributed by atoms with Crippen molar-refractivity contribution in [3.05, 3.63) is 90.5 Å². The van der Waals surface area contributed by atoms with E-state index in [4.69, 9.17) is 5.73 Å². The van der Waals surface area contributed by atoms with E-state index in [0.29, 0.717) is 11.5 Å². The Morgan fingerprint density at radius 3 is 1.93 bits per heavy atom. The zero-order valence-corrected chi connectivity index (χ0v) is 15.4. The first-order chi connectivity index (χ1) is 13.6. The van der Waals surface area contributed by atoms with Gasteiger partial charge in [-0.05, 0) is 41.7 Å². The predicted octanol–water partition coefficient (Wildman–Crippen LogP) is 3.81. The van der Waals surface area contributed by atoms with Crippen molar-refractivity contribution in [2.24, 2.45) is 11.7 Å². The van der Waals surface area contributed by atoms with Gasteiger partial charge in [-0.1, -0.05) is 72.8 Å². The van der Waals surface area contributed by atoms with Gasteiger partial charge in [0.15, 0.2) is 0 Å². The fourth-order valence-electron chi connectivity index (χ4n) is 3.04. The van der Waals surface area contributed by atoms with Crippen LogP contribution >= 0.6 is 0 Å². The van der Waals surface area contributed by atoms with Gasteiger partial charge >= 0.3 is 0 Å². The molecule has 0 aliphatic heterocycles. The summed E-state index contributed by atoms with van der Waals surface area (Å²) in [4.78, 5) is 24.4. The summed E-state index contributed by atoms with van der Waals surface area (Å²) in [5, 5.41) is 10.9. The van der Waals surface area contributed by atoms with Gasteiger partial charge in [-0.25, -0.2) is 0 Å². The number of nitrogens with zero attached hydrogens (tertiary/aromatic N) is 1. The van der Waals surface area contributed by atoms with Crippen molar-refractivity contribution in [3.63, 3.8) is 0 Å². The Balaban J connectivity index is 1.71. The highest BCUT2D eigenvalue weighted by Crippen LogP contribution is 2.24. The van der Waals surface area contributed by atoms with E-state index in [0.717, 1.165) is 16.7 Å². The molecule has 5 nitrogen and oxygen atoms in total. The Morgan fingerprint density at radius 1 is 0.821 bits per heavy atom. The summed E-state index contributed by atoms with van der Waals surface area (Å²) in [6, 6.07) is 26.2. The zero-order chi connectivity index (χ0) is 19.9. The van der Waals surface area contributed by atoms with Gasteiger partial charge in [-0.3, -0.25) is 14.8 Å². The molecule has 0 spiro atoms. The molecule has 3 aromatic rings. The molecule has 0 radical (unpaired) electrons. The largest absolute Gasteiger partial charge is 0.369 e. The van der Waals surface area contributed by atoms with Gasteiger partial charge in [0.2, 0.25) is 5.91 Å². The fourth-order valence-corrected chi connectivity index (χ4v) is 3.04. The molecule has 5 heteroatoms. The summed E-state index contributed by atoms with van der Waals surface area (Å²) in [7, 11) is 0. The van der Waals surface area contributed by atoms with Crippen LogP contribution in [0, 0.1) is 5.92 Å². The van der Waals surface area contributed by atoms with Crippen LogP contribution in [0.2, 0.25) is 0 Å². The first-order valence-electron chi connectivity index (χ1n) is 9.08. The maximum absolute atomic E-state index is 12.6. The Labute approximate surface area is 164 Å². The summed E-state index contributed by atoms with van der Waals surface area (Å²) >= 11 is 0. The molecule has 0 saturated carbocycles. The van der Waals surface area contributed by atoms with Crippen molar-refractivity contribution in [2.45, 2.75) is 12.8 Å². The molecule has 0 saturated heterocycles. The molecule has 0 fully saturated rings. The topological polar surface area (TPSA) is 83.6 Å². The number of amides is 2. The highest BCUT2D eigenvalue weighted by atomic mass is 16.5. The number of carbonyl (C=O) groups excluding carboxylic acids is 2. The van der Waals surface area contributed by atoms with Gasteiger partial charge in [0.05, 0.1) is 5.69 Å². The SMILES string of the molecule is NC(=O)C(CCc1ccccc1)C(=O)N(O)c1ccc(-c2ccccc2)cc1. The fraction of sp³-hybridized carbons (Fsp3) is 0.130. The standard InChI is InChI=1S/C23H22N2O3/c24-22(26)21(16-11-17-7-3-1-4-8-17)23(27)25(28)20-14-12-19(13-15-20)18-9-5-2-6-10-18/h1-10,12-15,21,28H,11,16H2,(H2,24,26). The van der Waals surface area contributed by atoms with Crippen molar-refractivity contribution >= 4 is 17.5 Å². The predicted molar refractivity (Wildman–Crippen MR) is 109 cm³/mol. The molecule has 0 aliphatic carbocycles.